The highest BCUT2D eigenvalue weighted by atomic mass is 32.4. The molecule has 1 aromatic rings. The molecule has 0 N–H and O–H groups in total. The molecule has 0 aliphatic carbocycles. The van der Waals surface area contributed by atoms with Gasteiger partial charge < -0.3 is 0 Å². The molecule has 1 aromatic carbocycles. The van der Waals surface area contributed by atoms with Crippen LogP contribution in [0.3, 0.4) is 0 Å². The minimum Gasteiger partial charge on any atom is -0.231 e. The van der Waals surface area contributed by atoms with Gasteiger partial charge in [-0.05, 0) is 64.7 Å². The van der Waals surface area contributed by atoms with Gasteiger partial charge in [0, 0.05) is 11.9 Å². The molecule has 2 rings (SSSR count). The van der Waals surface area contributed by atoms with Crippen molar-refractivity contribution in [2.45, 2.75) is 76.9 Å². The predicted octanol–water partition coefficient (Wildman–Crippen LogP) is 7.16. The van der Waals surface area contributed by atoms with E-state index in [1.807, 2.05) is 24.0 Å². The zero-order chi connectivity index (χ0) is 19.6. The zero-order valence-electron chi connectivity index (χ0n) is 17.7. The Balaban J connectivity index is 2.48. The molecule has 1 heterocycles. The van der Waals surface area contributed by atoms with Crippen molar-refractivity contribution in [3.8, 4) is 0 Å². The molecule has 0 saturated heterocycles. The molecule has 26 heavy (non-hydrogen) atoms. The lowest BCUT2D eigenvalue weighted by Gasteiger charge is -2.42. The highest BCUT2D eigenvalue weighted by molar-refractivity contribution is 8.29. The molecule has 0 saturated carbocycles. The van der Waals surface area contributed by atoms with E-state index in [1.165, 1.54) is 10.5 Å². The largest absolute Gasteiger partial charge is 0.231 e. The minimum atomic E-state index is -1.58. The Morgan fingerprint density at radius 1 is 1.00 bits per heavy atom. The summed E-state index contributed by atoms with van der Waals surface area (Å²) >= 11 is 2.18. The van der Waals surface area contributed by atoms with Gasteiger partial charge in [-0.15, -0.1) is 11.2 Å². The van der Waals surface area contributed by atoms with Crippen molar-refractivity contribution < 1.29 is 0 Å². The number of rotatable bonds is 6. The van der Waals surface area contributed by atoms with Gasteiger partial charge in [0.15, 0.2) is 0 Å². The quantitative estimate of drug-likeness (QED) is 0.483. The number of benzene rings is 1. The molecule has 1 aliphatic rings. The maximum absolute atomic E-state index is 4.36. The standard InChI is InChI=1S/C20H34N4SSi/c1-10-20-23(9)21-22-24(20)18-12-11-13-19(17(18)8)25-26(14(2)3,15(4)5)16(6)7/h10-16H,1-9H3. The summed E-state index contributed by atoms with van der Waals surface area (Å²) in [5, 5.41) is 12.3. The van der Waals surface area contributed by atoms with E-state index in [9.17, 15) is 0 Å². The molecule has 0 amide bonds. The fourth-order valence-electron chi connectivity index (χ4n) is 4.30. The molecule has 0 unspecified atom stereocenters. The highest BCUT2D eigenvalue weighted by Gasteiger charge is 2.44. The molecular formula is C20H34N4SSi. The Kier molecular flexibility index (Phi) is 6.61. The van der Waals surface area contributed by atoms with Crippen LogP contribution in [0.5, 0.6) is 0 Å². The first-order valence-corrected chi connectivity index (χ1v) is 13.3. The summed E-state index contributed by atoms with van der Waals surface area (Å²) in [4.78, 5) is 1.39. The third kappa shape index (κ3) is 3.58. The summed E-state index contributed by atoms with van der Waals surface area (Å²) in [6, 6.07) is 6.58. The van der Waals surface area contributed by atoms with E-state index >= 15 is 0 Å². The highest BCUT2D eigenvalue weighted by Crippen LogP contribution is 2.53. The Morgan fingerprint density at radius 2 is 1.58 bits per heavy atom. The van der Waals surface area contributed by atoms with E-state index in [1.54, 1.807) is 0 Å². The number of nitrogens with zero attached hydrogens (tertiary/aromatic N) is 4. The lowest BCUT2D eigenvalue weighted by atomic mass is 10.2. The van der Waals surface area contributed by atoms with Crippen molar-refractivity contribution in [1.29, 1.82) is 0 Å². The third-order valence-electron chi connectivity index (χ3n) is 5.55. The molecule has 1 aliphatic heterocycles. The van der Waals surface area contributed by atoms with E-state index in [2.05, 4.69) is 94.4 Å². The molecule has 0 aromatic heterocycles. The summed E-state index contributed by atoms with van der Waals surface area (Å²) in [5.41, 5.74) is 4.58. The lowest BCUT2D eigenvalue weighted by Crippen LogP contribution is -2.41. The number of allylic oxidation sites excluding steroid dienone is 1. The second-order valence-corrected chi connectivity index (χ2v) is 16.5. The first-order valence-electron chi connectivity index (χ1n) is 9.57. The Hall–Kier alpha value is -1.27. The molecule has 0 atom stereocenters. The molecule has 0 fully saturated rings. The van der Waals surface area contributed by atoms with Crippen LogP contribution in [0.2, 0.25) is 16.6 Å². The van der Waals surface area contributed by atoms with Crippen molar-refractivity contribution in [3.63, 3.8) is 0 Å². The zero-order valence-corrected chi connectivity index (χ0v) is 19.6. The first kappa shape index (κ1) is 21.0. The van der Waals surface area contributed by atoms with E-state index in [-0.39, 0.29) is 0 Å². The number of hydrogen-bond acceptors (Lipinski definition) is 5. The van der Waals surface area contributed by atoms with Crippen LogP contribution in [0.4, 0.5) is 5.69 Å². The smallest absolute Gasteiger partial charge is 0.149 e. The first-order chi connectivity index (χ1) is 12.2. The van der Waals surface area contributed by atoms with Crippen LogP contribution in [-0.4, -0.2) is 19.3 Å². The topological polar surface area (TPSA) is 31.2 Å². The van der Waals surface area contributed by atoms with Gasteiger partial charge >= 0.3 is 0 Å². The van der Waals surface area contributed by atoms with Crippen LogP contribution in [0, 0.1) is 6.92 Å². The second-order valence-electron chi connectivity index (χ2n) is 7.98. The van der Waals surface area contributed by atoms with Crippen LogP contribution < -0.4 is 5.01 Å². The maximum atomic E-state index is 4.36. The van der Waals surface area contributed by atoms with Crippen LogP contribution in [-0.2, 0) is 0 Å². The van der Waals surface area contributed by atoms with E-state index in [0.717, 1.165) is 28.1 Å². The number of anilines is 1. The molecular weight excluding hydrogens is 356 g/mol. The van der Waals surface area contributed by atoms with Crippen molar-refractivity contribution in [1.82, 2.24) is 5.01 Å². The molecule has 144 valence electrons. The minimum absolute atomic E-state index is 0.722. The van der Waals surface area contributed by atoms with Gasteiger partial charge in [-0.25, -0.2) is 5.01 Å². The van der Waals surface area contributed by atoms with E-state index < -0.39 is 7.22 Å². The maximum Gasteiger partial charge on any atom is 0.149 e. The second kappa shape index (κ2) is 8.17. The van der Waals surface area contributed by atoms with E-state index in [0.29, 0.717) is 0 Å². The van der Waals surface area contributed by atoms with Crippen LogP contribution in [0.25, 0.3) is 0 Å². The van der Waals surface area contributed by atoms with Crippen LogP contribution in [0.1, 0.15) is 54.0 Å². The van der Waals surface area contributed by atoms with Crippen LogP contribution in [0.15, 0.2) is 45.4 Å². The van der Waals surface area contributed by atoms with Crippen molar-refractivity contribution >= 4 is 24.1 Å². The van der Waals surface area contributed by atoms with Gasteiger partial charge in [-0.1, -0.05) is 47.6 Å². The summed E-state index contributed by atoms with van der Waals surface area (Å²) in [7, 11) is 0.350. The Morgan fingerprint density at radius 3 is 2.08 bits per heavy atom. The van der Waals surface area contributed by atoms with Gasteiger partial charge in [0.05, 0.1) is 5.69 Å². The Bertz CT molecular complexity index is 675. The van der Waals surface area contributed by atoms with Gasteiger partial charge in [0.1, 0.15) is 13.0 Å². The van der Waals surface area contributed by atoms with Gasteiger partial charge in [0.25, 0.3) is 0 Å². The summed E-state index contributed by atoms with van der Waals surface area (Å²) in [6.45, 7) is 18.7. The normalized spacial score (nSPS) is 16.8. The predicted molar refractivity (Wildman–Crippen MR) is 117 cm³/mol. The monoisotopic (exact) mass is 390 g/mol. The number of hydrogen-bond donors (Lipinski definition) is 0. The molecule has 0 spiro atoms. The van der Waals surface area contributed by atoms with Gasteiger partial charge in [-0.3, -0.25) is 0 Å². The average Bonchev–Trinajstić information content (AvgIpc) is 2.93. The average molecular weight is 391 g/mol. The van der Waals surface area contributed by atoms with E-state index in [4.69, 9.17) is 0 Å². The SMILES string of the molecule is CC=C1N(C)N=NN1c1cccc(S[Si](C(C)C)(C(C)C)C(C)C)c1C. The summed E-state index contributed by atoms with van der Waals surface area (Å²) < 4.78 is 0. The van der Waals surface area contributed by atoms with Crippen molar-refractivity contribution in [3.05, 3.63) is 35.7 Å². The molecule has 0 radical (unpaired) electrons. The Labute approximate surface area is 164 Å². The molecule has 0 bridgehead atoms. The van der Waals surface area contributed by atoms with Gasteiger partial charge in [-0.2, -0.15) is 5.01 Å². The lowest BCUT2D eigenvalue weighted by molar-refractivity contribution is 0.456. The fraction of sp³-hybridized carbons (Fsp3) is 0.600. The summed E-state index contributed by atoms with van der Waals surface area (Å²) in [6.07, 6.45) is 2.05. The fourth-order valence-corrected chi connectivity index (χ4v) is 13.7. The summed E-state index contributed by atoms with van der Waals surface area (Å²) in [5.74, 6) is 0.996. The van der Waals surface area contributed by atoms with Crippen molar-refractivity contribution in [2.24, 2.45) is 10.4 Å². The third-order valence-corrected chi connectivity index (χ3v) is 17.9. The van der Waals surface area contributed by atoms with Crippen LogP contribution >= 0.6 is 11.2 Å². The van der Waals surface area contributed by atoms with Gasteiger partial charge in [0.2, 0.25) is 0 Å². The molecule has 6 heteroatoms. The molecule has 4 nitrogen and oxygen atoms in total. The van der Waals surface area contributed by atoms with Crippen molar-refractivity contribution in [2.75, 3.05) is 12.1 Å².